The van der Waals surface area contributed by atoms with Gasteiger partial charge < -0.3 is 0 Å². The van der Waals surface area contributed by atoms with E-state index in [9.17, 15) is 14.4 Å². The van der Waals surface area contributed by atoms with Crippen molar-refractivity contribution in [3.63, 3.8) is 0 Å². The Balaban J connectivity index is 1.76. The molecular weight excluding hydrogens is 308 g/mol. The van der Waals surface area contributed by atoms with Gasteiger partial charge >= 0.3 is 0 Å². The fourth-order valence-electron chi connectivity index (χ4n) is 3.49. The van der Waals surface area contributed by atoms with E-state index in [0.717, 1.165) is 18.4 Å². The Labute approximate surface area is 140 Å². The zero-order valence-corrected chi connectivity index (χ0v) is 13.7. The van der Waals surface area contributed by atoms with Crippen LogP contribution in [0.1, 0.15) is 24.8 Å². The summed E-state index contributed by atoms with van der Waals surface area (Å²) in [5.41, 5.74) is 3.85. The van der Waals surface area contributed by atoms with Crippen LogP contribution in [0, 0.1) is 12.8 Å². The molecule has 1 aromatic carbocycles. The van der Waals surface area contributed by atoms with Gasteiger partial charge in [0.05, 0.1) is 24.1 Å². The first-order valence-corrected chi connectivity index (χ1v) is 8.19. The molecule has 3 amide bonds. The zero-order chi connectivity index (χ0) is 17.3. The minimum atomic E-state index is -0.493. The number of benzene rings is 1. The Kier molecular flexibility index (Phi) is 4.64. The van der Waals surface area contributed by atoms with Crippen LogP contribution in [0.25, 0.3) is 0 Å². The first-order valence-electron chi connectivity index (χ1n) is 8.19. The van der Waals surface area contributed by atoms with Crippen LogP contribution in [-0.2, 0) is 14.4 Å². The molecule has 1 aromatic rings. The number of hydrogen-bond acceptors (Lipinski definition) is 5. The molecule has 24 heavy (non-hydrogen) atoms. The van der Waals surface area contributed by atoms with E-state index in [-0.39, 0.29) is 30.1 Å². The number of carbonyl (C=O) groups is 3. The third kappa shape index (κ3) is 3.05. The van der Waals surface area contributed by atoms with Crippen LogP contribution in [0.5, 0.6) is 0 Å². The molecule has 0 aliphatic carbocycles. The third-order valence-electron chi connectivity index (χ3n) is 4.82. The standard InChI is InChI=1S/C17H22N4O3/c1-11-4-6-13(7-5-11)21-15(22)9-14(17(21)24)20-8-2-3-12(10-20)16(23)19-18/h4-7,12,14H,2-3,8-10,18H2,1H3,(H,19,23)/t12-,14-/m0/s1. The summed E-state index contributed by atoms with van der Waals surface area (Å²) in [6, 6.07) is 6.84. The topological polar surface area (TPSA) is 95.7 Å². The summed E-state index contributed by atoms with van der Waals surface area (Å²) in [5, 5.41) is 0. The summed E-state index contributed by atoms with van der Waals surface area (Å²) in [5.74, 6) is 4.36. The molecule has 0 unspecified atom stereocenters. The number of imide groups is 1. The van der Waals surface area contributed by atoms with E-state index in [1.807, 2.05) is 24.0 Å². The summed E-state index contributed by atoms with van der Waals surface area (Å²) in [6.07, 6.45) is 1.71. The van der Waals surface area contributed by atoms with E-state index in [4.69, 9.17) is 5.84 Å². The van der Waals surface area contributed by atoms with Crippen molar-refractivity contribution in [2.24, 2.45) is 11.8 Å². The molecule has 2 heterocycles. The molecule has 2 aliphatic heterocycles. The van der Waals surface area contributed by atoms with Crippen molar-refractivity contribution < 1.29 is 14.4 Å². The summed E-state index contributed by atoms with van der Waals surface area (Å²) < 4.78 is 0. The Bertz CT molecular complexity index is 658. The lowest BCUT2D eigenvalue weighted by molar-refractivity contribution is -0.129. The number of rotatable bonds is 3. The van der Waals surface area contributed by atoms with Crippen LogP contribution in [0.15, 0.2) is 24.3 Å². The maximum atomic E-state index is 12.8. The minimum absolute atomic E-state index is 0.156. The number of nitrogens with zero attached hydrogens (tertiary/aromatic N) is 2. The molecule has 0 bridgehead atoms. The number of likely N-dealkylation sites (tertiary alicyclic amines) is 1. The molecule has 128 valence electrons. The lowest BCUT2D eigenvalue weighted by atomic mass is 9.95. The van der Waals surface area contributed by atoms with E-state index in [0.29, 0.717) is 18.8 Å². The largest absolute Gasteiger partial charge is 0.294 e. The highest BCUT2D eigenvalue weighted by Crippen LogP contribution is 2.28. The van der Waals surface area contributed by atoms with Gasteiger partial charge in [-0.1, -0.05) is 17.7 Å². The van der Waals surface area contributed by atoms with Crippen molar-refractivity contribution in [1.29, 1.82) is 0 Å². The summed E-state index contributed by atoms with van der Waals surface area (Å²) in [4.78, 5) is 40.1. The average molecular weight is 330 g/mol. The van der Waals surface area contributed by atoms with E-state index >= 15 is 0 Å². The number of nitrogens with one attached hydrogen (secondary N) is 1. The summed E-state index contributed by atoms with van der Waals surface area (Å²) >= 11 is 0. The fraction of sp³-hybridized carbons (Fsp3) is 0.471. The van der Waals surface area contributed by atoms with E-state index in [1.54, 1.807) is 12.1 Å². The maximum Gasteiger partial charge on any atom is 0.251 e. The molecule has 3 N–H and O–H groups in total. The normalized spacial score (nSPS) is 25.2. The van der Waals surface area contributed by atoms with Crippen molar-refractivity contribution in [2.45, 2.75) is 32.2 Å². The van der Waals surface area contributed by atoms with Crippen LogP contribution in [-0.4, -0.2) is 41.8 Å². The molecule has 0 spiro atoms. The SMILES string of the molecule is Cc1ccc(N2C(=O)C[C@H](N3CCC[C@H](C(=O)NN)C3)C2=O)cc1. The molecule has 2 atom stereocenters. The number of carbonyl (C=O) groups excluding carboxylic acids is 3. The van der Waals surface area contributed by atoms with Gasteiger partial charge in [0.15, 0.2) is 0 Å². The molecular formula is C17H22N4O3. The summed E-state index contributed by atoms with van der Waals surface area (Å²) in [7, 11) is 0. The molecule has 0 aromatic heterocycles. The van der Waals surface area contributed by atoms with Crippen LogP contribution in [0.4, 0.5) is 5.69 Å². The molecule has 0 saturated carbocycles. The van der Waals surface area contributed by atoms with Crippen molar-refractivity contribution in [1.82, 2.24) is 10.3 Å². The fourth-order valence-corrected chi connectivity index (χ4v) is 3.49. The number of hydrazine groups is 1. The number of amides is 3. The first kappa shape index (κ1) is 16.6. The highest BCUT2D eigenvalue weighted by molar-refractivity contribution is 6.22. The van der Waals surface area contributed by atoms with Crippen LogP contribution in [0.3, 0.4) is 0 Å². The monoisotopic (exact) mass is 330 g/mol. The molecule has 2 aliphatic rings. The van der Waals surface area contributed by atoms with E-state index in [2.05, 4.69) is 5.43 Å². The molecule has 7 nitrogen and oxygen atoms in total. The molecule has 7 heteroatoms. The lowest BCUT2D eigenvalue weighted by Crippen LogP contribution is -2.50. The molecule has 2 saturated heterocycles. The van der Waals surface area contributed by atoms with Gasteiger partial charge in [0.2, 0.25) is 11.8 Å². The molecule has 2 fully saturated rings. The van der Waals surface area contributed by atoms with Crippen molar-refractivity contribution in [3.05, 3.63) is 29.8 Å². The quantitative estimate of drug-likeness (QED) is 0.360. The van der Waals surface area contributed by atoms with Crippen LogP contribution < -0.4 is 16.2 Å². The van der Waals surface area contributed by atoms with Gasteiger partial charge in [-0.25, -0.2) is 10.7 Å². The Morgan fingerprint density at radius 2 is 1.96 bits per heavy atom. The highest BCUT2D eigenvalue weighted by atomic mass is 16.2. The molecule has 3 rings (SSSR count). The van der Waals surface area contributed by atoms with Gasteiger partial charge in [0, 0.05) is 6.54 Å². The van der Waals surface area contributed by atoms with Crippen molar-refractivity contribution in [3.8, 4) is 0 Å². The number of nitrogens with two attached hydrogens (primary N) is 1. The average Bonchev–Trinajstić information content (AvgIpc) is 2.90. The Morgan fingerprint density at radius 3 is 2.62 bits per heavy atom. The summed E-state index contributed by atoms with van der Waals surface area (Å²) in [6.45, 7) is 3.12. The molecule has 0 radical (unpaired) electrons. The predicted molar refractivity (Wildman–Crippen MR) is 88.7 cm³/mol. The number of aryl methyl sites for hydroxylation is 1. The van der Waals surface area contributed by atoms with Crippen LogP contribution >= 0.6 is 0 Å². The predicted octanol–water partition coefficient (Wildman–Crippen LogP) is 0.329. The first-order chi connectivity index (χ1) is 11.5. The van der Waals surface area contributed by atoms with Crippen molar-refractivity contribution >= 4 is 23.4 Å². The van der Waals surface area contributed by atoms with E-state index < -0.39 is 6.04 Å². The van der Waals surface area contributed by atoms with Gasteiger partial charge in [-0.2, -0.15) is 0 Å². The minimum Gasteiger partial charge on any atom is -0.294 e. The Morgan fingerprint density at radius 1 is 1.25 bits per heavy atom. The Hall–Kier alpha value is -2.25. The number of piperidine rings is 1. The van der Waals surface area contributed by atoms with Gasteiger partial charge in [-0.05, 0) is 38.4 Å². The van der Waals surface area contributed by atoms with Gasteiger partial charge in [-0.15, -0.1) is 0 Å². The second kappa shape index (κ2) is 6.70. The third-order valence-corrected chi connectivity index (χ3v) is 4.82. The lowest BCUT2D eigenvalue weighted by Gasteiger charge is -2.34. The zero-order valence-electron chi connectivity index (χ0n) is 13.7. The second-order valence-corrected chi connectivity index (χ2v) is 6.47. The van der Waals surface area contributed by atoms with Crippen LogP contribution in [0.2, 0.25) is 0 Å². The number of hydrogen-bond donors (Lipinski definition) is 2. The second-order valence-electron chi connectivity index (χ2n) is 6.47. The van der Waals surface area contributed by atoms with Gasteiger partial charge in [0.25, 0.3) is 5.91 Å². The van der Waals surface area contributed by atoms with Crippen molar-refractivity contribution in [2.75, 3.05) is 18.0 Å². The van der Waals surface area contributed by atoms with Gasteiger partial charge in [0.1, 0.15) is 0 Å². The smallest absolute Gasteiger partial charge is 0.251 e. The van der Waals surface area contributed by atoms with E-state index in [1.165, 1.54) is 4.90 Å². The number of anilines is 1. The highest BCUT2D eigenvalue weighted by Gasteiger charge is 2.44. The van der Waals surface area contributed by atoms with Gasteiger partial charge in [-0.3, -0.25) is 24.7 Å². The maximum absolute atomic E-state index is 12.8.